The van der Waals surface area contributed by atoms with Crippen LogP contribution >= 0.6 is 0 Å². The second-order valence-electron chi connectivity index (χ2n) is 5.62. The van der Waals surface area contributed by atoms with E-state index in [0.717, 1.165) is 17.7 Å². The van der Waals surface area contributed by atoms with Crippen LogP contribution < -0.4 is 14.8 Å². The minimum atomic E-state index is -4.42. The van der Waals surface area contributed by atoms with Crippen molar-refractivity contribution in [1.82, 2.24) is 5.32 Å². The second-order valence-corrected chi connectivity index (χ2v) is 5.62. The highest BCUT2D eigenvalue weighted by Gasteiger charge is 2.30. The molecule has 1 heterocycles. The molecule has 1 aliphatic heterocycles. The predicted octanol–water partition coefficient (Wildman–Crippen LogP) is 3.81. The first-order valence-electron chi connectivity index (χ1n) is 7.94. The molecular weight excluding hydrogens is 347 g/mol. The third kappa shape index (κ3) is 4.36. The van der Waals surface area contributed by atoms with Crippen LogP contribution in [0.15, 0.2) is 48.5 Å². The summed E-state index contributed by atoms with van der Waals surface area (Å²) in [6, 6.07) is 10.2. The van der Waals surface area contributed by atoms with Crippen molar-refractivity contribution in [2.75, 3.05) is 13.2 Å². The van der Waals surface area contributed by atoms with E-state index in [0.29, 0.717) is 30.3 Å². The molecule has 0 unspecified atom stereocenters. The average molecular weight is 363 g/mol. The van der Waals surface area contributed by atoms with E-state index in [1.165, 1.54) is 24.3 Å². The highest BCUT2D eigenvalue weighted by Crippen LogP contribution is 2.33. The van der Waals surface area contributed by atoms with Crippen LogP contribution in [0.3, 0.4) is 0 Å². The van der Waals surface area contributed by atoms with Gasteiger partial charge in [0.2, 0.25) is 5.91 Å². The summed E-state index contributed by atoms with van der Waals surface area (Å²) in [6.45, 7) is 1.13. The molecule has 1 N–H and O–H groups in total. The van der Waals surface area contributed by atoms with E-state index < -0.39 is 17.6 Å². The van der Waals surface area contributed by atoms with Gasteiger partial charge < -0.3 is 14.8 Å². The molecule has 26 heavy (non-hydrogen) atoms. The van der Waals surface area contributed by atoms with Crippen molar-refractivity contribution in [3.63, 3.8) is 0 Å². The molecule has 0 aliphatic carbocycles. The summed E-state index contributed by atoms with van der Waals surface area (Å²) in [5.41, 5.74) is 0.305. The molecule has 2 aromatic rings. The fourth-order valence-electron chi connectivity index (χ4n) is 2.51. The topological polar surface area (TPSA) is 47.6 Å². The summed E-state index contributed by atoms with van der Waals surface area (Å²) in [4.78, 5) is 11.9. The van der Waals surface area contributed by atoms with Crippen LogP contribution in [0.1, 0.15) is 16.7 Å². The number of nitrogens with one attached hydrogen (secondary N) is 1. The Balaban J connectivity index is 1.62. The summed E-state index contributed by atoms with van der Waals surface area (Å²) < 4.78 is 49.1. The highest BCUT2D eigenvalue weighted by atomic mass is 19.4. The molecule has 0 saturated carbocycles. The Labute approximate surface area is 148 Å². The minimum Gasteiger partial charge on any atom is -0.486 e. The Hall–Kier alpha value is -2.96. The van der Waals surface area contributed by atoms with Gasteiger partial charge in [-0.25, -0.2) is 0 Å². The van der Waals surface area contributed by atoms with Crippen molar-refractivity contribution in [3.05, 3.63) is 65.2 Å². The van der Waals surface area contributed by atoms with Crippen LogP contribution in [0.4, 0.5) is 13.2 Å². The van der Waals surface area contributed by atoms with Crippen LogP contribution in [0.5, 0.6) is 11.5 Å². The monoisotopic (exact) mass is 363 g/mol. The zero-order chi connectivity index (χ0) is 18.6. The van der Waals surface area contributed by atoms with E-state index in [1.54, 1.807) is 12.1 Å². The summed E-state index contributed by atoms with van der Waals surface area (Å²) in [6.07, 6.45) is -1.88. The number of carbonyl (C=O) groups is 1. The Bertz CT molecular complexity index is 831. The SMILES string of the molecule is O=C(/C=C/c1cccc(C(F)(F)F)c1)NCc1cccc2c1OCCO2. The fraction of sp³-hybridized carbons (Fsp3) is 0.211. The van der Waals surface area contributed by atoms with E-state index in [-0.39, 0.29) is 6.54 Å². The maximum Gasteiger partial charge on any atom is 0.416 e. The van der Waals surface area contributed by atoms with Gasteiger partial charge in [-0.05, 0) is 29.8 Å². The van der Waals surface area contributed by atoms with Crippen LogP contribution in [0, 0.1) is 0 Å². The van der Waals surface area contributed by atoms with Gasteiger partial charge in [-0.2, -0.15) is 13.2 Å². The molecule has 0 atom stereocenters. The van der Waals surface area contributed by atoms with Gasteiger partial charge in [0.25, 0.3) is 0 Å². The first-order valence-corrected chi connectivity index (χ1v) is 7.94. The lowest BCUT2D eigenvalue weighted by Crippen LogP contribution is -2.22. The average Bonchev–Trinajstić information content (AvgIpc) is 2.64. The van der Waals surface area contributed by atoms with Crippen molar-refractivity contribution in [1.29, 1.82) is 0 Å². The first kappa shape index (κ1) is 17.8. The van der Waals surface area contributed by atoms with Crippen LogP contribution in [-0.2, 0) is 17.5 Å². The van der Waals surface area contributed by atoms with Gasteiger partial charge >= 0.3 is 6.18 Å². The molecule has 4 nitrogen and oxygen atoms in total. The zero-order valence-electron chi connectivity index (χ0n) is 13.7. The fourth-order valence-corrected chi connectivity index (χ4v) is 2.51. The van der Waals surface area contributed by atoms with Gasteiger partial charge in [-0.3, -0.25) is 4.79 Å². The maximum absolute atomic E-state index is 12.7. The summed E-state index contributed by atoms with van der Waals surface area (Å²) in [7, 11) is 0. The van der Waals surface area contributed by atoms with Crippen LogP contribution in [-0.4, -0.2) is 19.1 Å². The van der Waals surface area contributed by atoms with E-state index in [4.69, 9.17) is 9.47 Å². The number of para-hydroxylation sites is 1. The number of amides is 1. The molecule has 136 valence electrons. The van der Waals surface area contributed by atoms with Crippen LogP contribution in [0.25, 0.3) is 6.08 Å². The van der Waals surface area contributed by atoms with E-state index in [9.17, 15) is 18.0 Å². The molecule has 0 bridgehead atoms. The number of benzene rings is 2. The van der Waals surface area contributed by atoms with Gasteiger partial charge in [0.15, 0.2) is 11.5 Å². The number of hydrogen-bond donors (Lipinski definition) is 1. The van der Waals surface area contributed by atoms with Gasteiger partial charge in [0.1, 0.15) is 13.2 Å². The van der Waals surface area contributed by atoms with Crippen molar-refractivity contribution < 1.29 is 27.4 Å². The Kier molecular flexibility index (Phi) is 5.16. The number of ether oxygens (including phenoxy) is 2. The number of hydrogen-bond acceptors (Lipinski definition) is 3. The van der Waals surface area contributed by atoms with Crippen LogP contribution in [0.2, 0.25) is 0 Å². The molecule has 7 heteroatoms. The van der Waals surface area contributed by atoms with Gasteiger partial charge in [0.05, 0.1) is 5.56 Å². The zero-order valence-corrected chi connectivity index (χ0v) is 13.7. The van der Waals surface area contributed by atoms with E-state index in [2.05, 4.69) is 5.32 Å². The van der Waals surface area contributed by atoms with Gasteiger partial charge in [-0.1, -0.05) is 24.3 Å². The Morgan fingerprint density at radius 1 is 1.12 bits per heavy atom. The maximum atomic E-state index is 12.7. The number of halogens is 3. The molecule has 2 aromatic carbocycles. The number of carbonyl (C=O) groups excluding carboxylic acids is 1. The third-order valence-corrected chi connectivity index (χ3v) is 3.74. The molecule has 3 rings (SSSR count). The minimum absolute atomic E-state index is 0.221. The quantitative estimate of drug-likeness (QED) is 0.841. The summed E-state index contributed by atoms with van der Waals surface area (Å²) in [5, 5.41) is 2.68. The highest BCUT2D eigenvalue weighted by molar-refractivity contribution is 5.91. The van der Waals surface area contributed by atoms with Gasteiger partial charge in [-0.15, -0.1) is 0 Å². The Morgan fingerprint density at radius 3 is 2.69 bits per heavy atom. The van der Waals surface area contributed by atoms with Crippen molar-refractivity contribution in [2.24, 2.45) is 0 Å². The molecule has 1 aliphatic rings. The third-order valence-electron chi connectivity index (χ3n) is 3.74. The molecule has 0 saturated heterocycles. The number of fused-ring (bicyclic) bond motifs is 1. The molecule has 0 aromatic heterocycles. The lowest BCUT2D eigenvalue weighted by Gasteiger charge is -2.20. The summed E-state index contributed by atoms with van der Waals surface area (Å²) in [5.74, 6) is 0.806. The smallest absolute Gasteiger partial charge is 0.416 e. The molecule has 0 spiro atoms. The van der Waals surface area contributed by atoms with Crippen molar-refractivity contribution in [3.8, 4) is 11.5 Å². The second kappa shape index (κ2) is 7.51. The molecule has 1 amide bonds. The van der Waals surface area contributed by atoms with Crippen molar-refractivity contribution >= 4 is 12.0 Å². The standard InChI is InChI=1S/C19H16F3NO3/c20-19(21,22)15-5-1-3-13(11-15)7-8-17(24)23-12-14-4-2-6-16-18(14)26-10-9-25-16/h1-8,11H,9-10,12H2,(H,23,24)/b8-7+. The summed E-state index contributed by atoms with van der Waals surface area (Å²) >= 11 is 0. The molecular formula is C19H16F3NO3. The van der Waals surface area contributed by atoms with E-state index >= 15 is 0 Å². The lowest BCUT2D eigenvalue weighted by atomic mass is 10.1. The largest absolute Gasteiger partial charge is 0.486 e. The first-order chi connectivity index (χ1) is 12.4. The normalized spacial score (nSPS) is 13.7. The van der Waals surface area contributed by atoms with E-state index in [1.807, 2.05) is 6.07 Å². The predicted molar refractivity (Wildman–Crippen MR) is 89.8 cm³/mol. The van der Waals surface area contributed by atoms with Gasteiger partial charge in [0, 0.05) is 18.2 Å². The lowest BCUT2D eigenvalue weighted by molar-refractivity contribution is -0.137. The molecule has 0 radical (unpaired) electrons. The Morgan fingerprint density at radius 2 is 1.88 bits per heavy atom. The molecule has 0 fully saturated rings. The van der Waals surface area contributed by atoms with Crippen molar-refractivity contribution in [2.45, 2.75) is 12.7 Å². The number of rotatable bonds is 4. The number of alkyl halides is 3.